The van der Waals surface area contributed by atoms with E-state index in [9.17, 15) is 5.11 Å². The van der Waals surface area contributed by atoms with Crippen LogP contribution in [-0.2, 0) is 19.4 Å². The van der Waals surface area contributed by atoms with Gasteiger partial charge in [0.2, 0.25) is 0 Å². The lowest BCUT2D eigenvalue weighted by atomic mass is 9.89. The first kappa shape index (κ1) is 19.9. The van der Waals surface area contributed by atoms with Gasteiger partial charge in [0.05, 0.1) is 11.0 Å². The van der Waals surface area contributed by atoms with E-state index in [1.807, 2.05) is 18.2 Å². The number of phenols is 1. The Morgan fingerprint density at radius 2 is 1.45 bits per heavy atom. The molecule has 0 bridgehead atoms. The molecule has 0 saturated heterocycles. The van der Waals surface area contributed by atoms with E-state index in [4.69, 9.17) is 4.98 Å². The molecule has 0 radical (unpaired) electrons. The molecule has 3 heteroatoms. The first-order chi connectivity index (χ1) is 15.3. The van der Waals surface area contributed by atoms with Gasteiger partial charge in [-0.25, -0.2) is 4.98 Å². The third-order valence-electron chi connectivity index (χ3n) is 6.73. The van der Waals surface area contributed by atoms with Crippen molar-refractivity contribution < 1.29 is 5.11 Å². The number of nitrogens with zero attached hydrogens (tertiary/aromatic N) is 2. The molecule has 31 heavy (non-hydrogen) atoms. The summed E-state index contributed by atoms with van der Waals surface area (Å²) in [5.41, 5.74) is 5.80. The number of benzene rings is 3. The molecular weight excluding hydrogens is 380 g/mol. The van der Waals surface area contributed by atoms with Crippen molar-refractivity contribution in [2.45, 2.75) is 51.5 Å². The largest absolute Gasteiger partial charge is 0.508 e. The highest BCUT2D eigenvalue weighted by Gasteiger charge is 2.20. The van der Waals surface area contributed by atoms with Crippen LogP contribution in [0.5, 0.6) is 5.75 Å². The highest BCUT2D eigenvalue weighted by Crippen LogP contribution is 2.32. The molecule has 0 amide bonds. The fourth-order valence-corrected chi connectivity index (χ4v) is 5.04. The second-order valence-electron chi connectivity index (χ2n) is 8.82. The smallest absolute Gasteiger partial charge is 0.141 e. The van der Waals surface area contributed by atoms with Crippen LogP contribution in [0.4, 0.5) is 0 Å². The van der Waals surface area contributed by atoms with Gasteiger partial charge < -0.3 is 9.67 Å². The van der Waals surface area contributed by atoms with Crippen molar-refractivity contribution in [3.63, 3.8) is 0 Å². The van der Waals surface area contributed by atoms with Gasteiger partial charge in [-0.15, -0.1) is 0 Å². The average molecular weight is 411 g/mol. The maximum atomic E-state index is 10.2. The van der Waals surface area contributed by atoms with Gasteiger partial charge in [0.1, 0.15) is 11.6 Å². The van der Waals surface area contributed by atoms with Crippen molar-refractivity contribution in [3.8, 4) is 17.1 Å². The number of para-hydroxylation sites is 3. The van der Waals surface area contributed by atoms with E-state index in [2.05, 4.69) is 53.1 Å². The molecule has 1 fully saturated rings. The molecule has 0 unspecified atom stereocenters. The van der Waals surface area contributed by atoms with Crippen molar-refractivity contribution in [1.29, 1.82) is 0 Å². The second-order valence-corrected chi connectivity index (χ2v) is 8.82. The number of hydrogen-bond acceptors (Lipinski definition) is 2. The van der Waals surface area contributed by atoms with Gasteiger partial charge in [0.15, 0.2) is 0 Å². The Kier molecular flexibility index (Phi) is 5.75. The molecule has 4 aromatic rings. The summed E-state index contributed by atoms with van der Waals surface area (Å²) in [6.45, 7) is 1.05. The van der Waals surface area contributed by atoms with E-state index >= 15 is 0 Å². The number of fused-ring (bicyclic) bond motifs is 1. The van der Waals surface area contributed by atoms with E-state index in [-0.39, 0.29) is 0 Å². The van der Waals surface area contributed by atoms with E-state index in [0.29, 0.717) is 5.75 Å². The van der Waals surface area contributed by atoms with Crippen LogP contribution in [-0.4, -0.2) is 14.7 Å². The minimum atomic E-state index is 0.379. The van der Waals surface area contributed by atoms with Crippen LogP contribution in [0.1, 0.15) is 43.2 Å². The molecule has 0 aliphatic heterocycles. The van der Waals surface area contributed by atoms with Crippen LogP contribution in [0, 0.1) is 5.92 Å². The molecule has 5 rings (SSSR count). The zero-order chi connectivity index (χ0) is 21.0. The Bertz CT molecular complexity index is 1170. The summed E-state index contributed by atoms with van der Waals surface area (Å²) in [6, 6.07) is 24.8. The van der Waals surface area contributed by atoms with Crippen LogP contribution in [0.2, 0.25) is 0 Å². The van der Waals surface area contributed by atoms with Gasteiger partial charge in [0, 0.05) is 12.1 Å². The fourth-order valence-electron chi connectivity index (χ4n) is 5.04. The third kappa shape index (κ3) is 4.23. The minimum Gasteiger partial charge on any atom is -0.508 e. The Morgan fingerprint density at radius 1 is 0.774 bits per heavy atom. The highest BCUT2D eigenvalue weighted by atomic mass is 16.3. The quantitative estimate of drug-likeness (QED) is 0.381. The van der Waals surface area contributed by atoms with E-state index in [1.165, 1.54) is 48.7 Å². The van der Waals surface area contributed by atoms with Gasteiger partial charge in [-0.2, -0.15) is 0 Å². The molecule has 1 aromatic heterocycles. The molecule has 1 N–H and O–H groups in total. The summed E-state index contributed by atoms with van der Waals surface area (Å²) in [7, 11) is 0. The first-order valence-corrected chi connectivity index (χ1v) is 11.6. The minimum absolute atomic E-state index is 0.379. The zero-order valence-electron chi connectivity index (χ0n) is 18.0. The summed E-state index contributed by atoms with van der Waals surface area (Å²) in [4.78, 5) is 5.10. The van der Waals surface area contributed by atoms with E-state index in [0.717, 1.165) is 42.2 Å². The maximum Gasteiger partial charge on any atom is 0.141 e. The predicted molar refractivity (Wildman–Crippen MR) is 127 cm³/mol. The van der Waals surface area contributed by atoms with Crippen molar-refractivity contribution >= 4 is 11.0 Å². The molecule has 3 nitrogen and oxygen atoms in total. The van der Waals surface area contributed by atoms with Crippen LogP contribution in [0.3, 0.4) is 0 Å². The van der Waals surface area contributed by atoms with Crippen LogP contribution >= 0.6 is 0 Å². The Hall–Kier alpha value is -3.07. The number of aromatic nitrogens is 2. The molecule has 3 aromatic carbocycles. The standard InChI is InChI=1S/C28H30N2O/c31-27-17-9-5-13-23(27)19-18-22-12-4-6-14-24(22)28-29-25-15-7-8-16-26(25)30(28)20-21-10-2-1-3-11-21/h4-9,12-17,21,31H,1-3,10-11,18-20H2. The summed E-state index contributed by atoms with van der Waals surface area (Å²) in [5.74, 6) is 2.20. The summed E-state index contributed by atoms with van der Waals surface area (Å²) < 4.78 is 2.46. The molecular formula is C28H30N2O. The highest BCUT2D eigenvalue weighted by molar-refractivity contribution is 5.81. The van der Waals surface area contributed by atoms with Gasteiger partial charge in [0.25, 0.3) is 0 Å². The van der Waals surface area contributed by atoms with Gasteiger partial charge in [-0.1, -0.05) is 73.9 Å². The summed E-state index contributed by atoms with van der Waals surface area (Å²) in [5, 5.41) is 10.2. The lowest BCUT2D eigenvalue weighted by Gasteiger charge is -2.23. The SMILES string of the molecule is Oc1ccccc1CCc1ccccc1-c1nc2ccccc2n1CC1CCCCC1. The van der Waals surface area contributed by atoms with Gasteiger partial charge in [-0.3, -0.25) is 0 Å². The van der Waals surface area contributed by atoms with Crippen molar-refractivity contribution in [2.75, 3.05) is 0 Å². The van der Waals surface area contributed by atoms with Crippen molar-refractivity contribution in [2.24, 2.45) is 5.92 Å². The Labute approximate surface area is 184 Å². The normalized spacial score (nSPS) is 14.8. The van der Waals surface area contributed by atoms with Crippen LogP contribution < -0.4 is 0 Å². The molecule has 0 spiro atoms. The topological polar surface area (TPSA) is 38.1 Å². The number of rotatable bonds is 6. The molecule has 0 atom stereocenters. The predicted octanol–water partition coefficient (Wildman–Crippen LogP) is 6.77. The molecule has 1 aliphatic carbocycles. The summed E-state index contributed by atoms with van der Waals surface area (Å²) in [6.07, 6.45) is 8.41. The summed E-state index contributed by atoms with van der Waals surface area (Å²) >= 11 is 0. The number of hydrogen-bond donors (Lipinski definition) is 1. The van der Waals surface area contributed by atoms with E-state index < -0.39 is 0 Å². The fraction of sp³-hybridized carbons (Fsp3) is 0.321. The van der Waals surface area contributed by atoms with Crippen molar-refractivity contribution in [3.05, 3.63) is 83.9 Å². The molecule has 158 valence electrons. The van der Waals surface area contributed by atoms with Crippen molar-refractivity contribution in [1.82, 2.24) is 9.55 Å². The van der Waals surface area contributed by atoms with Gasteiger partial charge in [-0.05, 0) is 60.9 Å². The molecule has 1 saturated carbocycles. The average Bonchev–Trinajstić information content (AvgIpc) is 3.18. The first-order valence-electron chi connectivity index (χ1n) is 11.6. The van der Waals surface area contributed by atoms with Gasteiger partial charge >= 0.3 is 0 Å². The number of aromatic hydroxyl groups is 1. The second kappa shape index (κ2) is 8.97. The Morgan fingerprint density at radius 3 is 2.29 bits per heavy atom. The lowest BCUT2D eigenvalue weighted by Crippen LogP contribution is -2.15. The van der Waals surface area contributed by atoms with E-state index in [1.54, 1.807) is 6.07 Å². The molecule has 1 heterocycles. The number of imidazole rings is 1. The van der Waals surface area contributed by atoms with Crippen LogP contribution in [0.25, 0.3) is 22.4 Å². The third-order valence-corrected chi connectivity index (χ3v) is 6.73. The lowest BCUT2D eigenvalue weighted by molar-refractivity contribution is 0.323. The zero-order valence-corrected chi connectivity index (χ0v) is 18.0. The number of phenolic OH excluding ortho intramolecular Hbond substituents is 1. The maximum absolute atomic E-state index is 10.2. The van der Waals surface area contributed by atoms with Crippen LogP contribution in [0.15, 0.2) is 72.8 Å². The Balaban J connectivity index is 1.52. The number of aryl methyl sites for hydroxylation is 2. The molecule has 1 aliphatic rings. The monoisotopic (exact) mass is 410 g/mol.